The summed E-state index contributed by atoms with van der Waals surface area (Å²) in [6.07, 6.45) is 2.33. The van der Waals surface area contributed by atoms with Gasteiger partial charge in [0.25, 0.3) is 0 Å². The number of rotatable bonds is 5. The van der Waals surface area contributed by atoms with E-state index >= 15 is 0 Å². The normalized spacial score (nSPS) is 18.3. The van der Waals surface area contributed by atoms with Crippen molar-refractivity contribution < 1.29 is 13.5 Å². The highest BCUT2D eigenvalue weighted by atomic mass is 32.2. The highest BCUT2D eigenvalue weighted by Crippen LogP contribution is 2.32. The molecule has 5 nitrogen and oxygen atoms in total. The highest BCUT2D eigenvalue weighted by Gasteiger charge is 2.39. The van der Waals surface area contributed by atoms with Gasteiger partial charge < -0.3 is 10.8 Å². The van der Waals surface area contributed by atoms with E-state index in [9.17, 15) is 13.5 Å². The van der Waals surface area contributed by atoms with Crippen LogP contribution in [0.5, 0.6) is 0 Å². The van der Waals surface area contributed by atoms with E-state index in [1.54, 1.807) is 24.3 Å². The van der Waals surface area contributed by atoms with Gasteiger partial charge in [0, 0.05) is 5.69 Å². The van der Waals surface area contributed by atoms with Crippen molar-refractivity contribution in [1.82, 2.24) is 4.72 Å². The first kappa shape index (κ1) is 13.3. The Morgan fingerprint density at radius 3 is 2.61 bits per heavy atom. The second kappa shape index (κ2) is 4.87. The molecule has 100 valence electrons. The molecule has 0 atom stereocenters. The summed E-state index contributed by atoms with van der Waals surface area (Å²) < 4.78 is 26.6. The van der Waals surface area contributed by atoms with Gasteiger partial charge in [-0.1, -0.05) is 12.1 Å². The molecule has 4 N–H and O–H groups in total. The maximum absolute atomic E-state index is 12.0. The summed E-state index contributed by atoms with van der Waals surface area (Å²) in [5.74, 6) is -0.111. The third kappa shape index (κ3) is 3.01. The lowest BCUT2D eigenvalue weighted by atomic mass is 9.78. The van der Waals surface area contributed by atoms with E-state index in [4.69, 9.17) is 5.73 Å². The maximum Gasteiger partial charge on any atom is 0.216 e. The fourth-order valence-corrected chi connectivity index (χ4v) is 3.78. The molecule has 0 spiro atoms. The molecule has 1 aromatic rings. The van der Waals surface area contributed by atoms with Crippen molar-refractivity contribution in [2.45, 2.75) is 30.6 Å². The molecule has 18 heavy (non-hydrogen) atoms. The average molecular weight is 270 g/mol. The summed E-state index contributed by atoms with van der Waals surface area (Å²) in [6, 6.07) is 6.81. The number of sulfonamides is 1. The maximum atomic E-state index is 12.0. The van der Waals surface area contributed by atoms with Gasteiger partial charge in [0.2, 0.25) is 10.0 Å². The van der Waals surface area contributed by atoms with Crippen LogP contribution >= 0.6 is 0 Å². The Morgan fingerprint density at radius 2 is 2.11 bits per heavy atom. The predicted octanol–water partition coefficient (Wildman–Crippen LogP) is 0.603. The molecule has 1 fully saturated rings. The van der Waals surface area contributed by atoms with Crippen molar-refractivity contribution in [2.24, 2.45) is 0 Å². The number of hydrogen-bond donors (Lipinski definition) is 3. The van der Waals surface area contributed by atoms with Gasteiger partial charge in [0.05, 0.1) is 17.9 Å². The van der Waals surface area contributed by atoms with Crippen molar-refractivity contribution in [2.75, 3.05) is 12.3 Å². The fourth-order valence-electron chi connectivity index (χ4n) is 2.16. The molecule has 0 saturated heterocycles. The van der Waals surface area contributed by atoms with E-state index in [2.05, 4.69) is 4.72 Å². The molecule has 0 aliphatic heterocycles. The van der Waals surface area contributed by atoms with Crippen LogP contribution in [0, 0.1) is 0 Å². The smallest absolute Gasteiger partial charge is 0.216 e. The van der Waals surface area contributed by atoms with Gasteiger partial charge in [-0.25, -0.2) is 13.1 Å². The number of aliphatic hydroxyl groups is 1. The number of nitrogens with one attached hydrogen (secondary N) is 1. The van der Waals surface area contributed by atoms with Crippen LogP contribution in [-0.2, 0) is 15.8 Å². The first-order valence-corrected chi connectivity index (χ1v) is 7.57. The van der Waals surface area contributed by atoms with E-state index in [1.807, 2.05) is 0 Å². The molecule has 1 saturated carbocycles. The SMILES string of the molecule is Nc1cccc(CS(=O)(=O)NC2(CO)CCC2)c1. The zero-order chi connectivity index (χ0) is 13.2. The first-order valence-electron chi connectivity index (χ1n) is 5.92. The first-order chi connectivity index (χ1) is 8.45. The Bertz CT molecular complexity index is 518. The molecule has 1 aliphatic rings. The van der Waals surface area contributed by atoms with Crippen LogP contribution in [0.15, 0.2) is 24.3 Å². The summed E-state index contributed by atoms with van der Waals surface area (Å²) in [7, 11) is -3.45. The van der Waals surface area contributed by atoms with E-state index in [-0.39, 0.29) is 12.4 Å². The number of benzene rings is 1. The molecule has 2 rings (SSSR count). The summed E-state index contributed by atoms with van der Waals surface area (Å²) in [5, 5.41) is 9.26. The zero-order valence-electron chi connectivity index (χ0n) is 10.1. The zero-order valence-corrected chi connectivity index (χ0v) is 10.9. The van der Waals surface area contributed by atoms with Gasteiger partial charge in [0.1, 0.15) is 0 Å². The van der Waals surface area contributed by atoms with Crippen molar-refractivity contribution in [3.63, 3.8) is 0 Å². The van der Waals surface area contributed by atoms with Crippen molar-refractivity contribution in [1.29, 1.82) is 0 Å². The minimum Gasteiger partial charge on any atom is -0.399 e. The third-order valence-electron chi connectivity index (χ3n) is 3.29. The number of hydrogen-bond acceptors (Lipinski definition) is 4. The molecular weight excluding hydrogens is 252 g/mol. The van der Waals surface area contributed by atoms with Crippen LogP contribution in [0.2, 0.25) is 0 Å². The van der Waals surface area contributed by atoms with Gasteiger partial charge in [-0.3, -0.25) is 0 Å². The second-order valence-corrected chi connectivity index (χ2v) is 6.62. The third-order valence-corrected chi connectivity index (χ3v) is 4.75. The van der Waals surface area contributed by atoms with Gasteiger partial charge in [-0.05, 0) is 37.0 Å². The summed E-state index contributed by atoms with van der Waals surface area (Å²) in [5.41, 5.74) is 6.17. The molecule has 6 heteroatoms. The van der Waals surface area contributed by atoms with Crippen LogP contribution in [0.1, 0.15) is 24.8 Å². The lowest BCUT2D eigenvalue weighted by molar-refractivity contribution is 0.110. The molecule has 1 aromatic carbocycles. The molecule has 0 heterocycles. The topological polar surface area (TPSA) is 92.4 Å². The van der Waals surface area contributed by atoms with Crippen molar-refractivity contribution in [3.05, 3.63) is 29.8 Å². The quantitative estimate of drug-likeness (QED) is 0.683. The number of aliphatic hydroxyl groups excluding tert-OH is 1. The molecule has 0 amide bonds. The highest BCUT2D eigenvalue weighted by molar-refractivity contribution is 7.88. The molecule has 1 aliphatic carbocycles. The van der Waals surface area contributed by atoms with Crippen LogP contribution < -0.4 is 10.5 Å². The largest absolute Gasteiger partial charge is 0.399 e. The summed E-state index contributed by atoms with van der Waals surface area (Å²) in [4.78, 5) is 0. The van der Waals surface area contributed by atoms with E-state index in [1.165, 1.54) is 0 Å². The second-order valence-electron chi connectivity index (χ2n) is 4.90. The number of anilines is 1. The van der Waals surface area contributed by atoms with Gasteiger partial charge in [0.15, 0.2) is 0 Å². The van der Waals surface area contributed by atoms with Crippen molar-refractivity contribution in [3.8, 4) is 0 Å². The monoisotopic (exact) mass is 270 g/mol. The lowest BCUT2D eigenvalue weighted by Gasteiger charge is -2.40. The van der Waals surface area contributed by atoms with E-state index in [0.717, 1.165) is 6.42 Å². The molecular formula is C12H18N2O3S. The Morgan fingerprint density at radius 1 is 1.39 bits per heavy atom. The Balaban J connectivity index is 2.08. The number of nitrogens with two attached hydrogens (primary N) is 1. The van der Waals surface area contributed by atoms with Crippen LogP contribution in [0.3, 0.4) is 0 Å². The predicted molar refractivity (Wildman–Crippen MR) is 70.3 cm³/mol. The Kier molecular flexibility index (Phi) is 3.61. The standard InChI is InChI=1S/C12H18N2O3S/c13-11-4-1-3-10(7-11)8-18(16,17)14-12(9-15)5-2-6-12/h1,3-4,7,14-15H,2,5-6,8-9,13H2. The van der Waals surface area contributed by atoms with Gasteiger partial charge >= 0.3 is 0 Å². The summed E-state index contributed by atoms with van der Waals surface area (Å²) in [6.45, 7) is -0.150. The molecule has 0 bridgehead atoms. The lowest BCUT2D eigenvalue weighted by Crippen LogP contribution is -2.56. The van der Waals surface area contributed by atoms with Crippen molar-refractivity contribution >= 4 is 15.7 Å². The van der Waals surface area contributed by atoms with Crippen LogP contribution in [0.25, 0.3) is 0 Å². The number of nitrogen functional groups attached to an aromatic ring is 1. The van der Waals surface area contributed by atoms with Gasteiger partial charge in [-0.2, -0.15) is 0 Å². The van der Waals surface area contributed by atoms with Gasteiger partial charge in [-0.15, -0.1) is 0 Å². The minimum atomic E-state index is -3.45. The molecule has 0 unspecified atom stereocenters. The fraction of sp³-hybridized carbons (Fsp3) is 0.500. The average Bonchev–Trinajstić information content (AvgIpc) is 2.23. The minimum absolute atomic E-state index is 0.111. The van der Waals surface area contributed by atoms with E-state index < -0.39 is 15.6 Å². The molecule has 0 radical (unpaired) electrons. The molecule has 0 aromatic heterocycles. The van der Waals surface area contributed by atoms with Crippen LogP contribution in [0.4, 0.5) is 5.69 Å². The Labute approximate surface area is 107 Å². The Hall–Kier alpha value is -1.11. The summed E-state index contributed by atoms with van der Waals surface area (Å²) >= 11 is 0. The van der Waals surface area contributed by atoms with Crippen LogP contribution in [-0.4, -0.2) is 25.7 Å². The van der Waals surface area contributed by atoms with E-state index in [0.29, 0.717) is 24.1 Å².